The van der Waals surface area contributed by atoms with Crippen LogP contribution in [0.3, 0.4) is 0 Å². The molecule has 0 saturated carbocycles. The third-order valence-corrected chi connectivity index (χ3v) is 6.35. The molecule has 3 aromatic rings. The fraction of sp³-hybridized carbons (Fsp3) is 0.120. The molecule has 5 rings (SSSR count). The van der Waals surface area contributed by atoms with Gasteiger partial charge in [0.1, 0.15) is 28.2 Å². The molecule has 0 aliphatic carbocycles. The molecule has 3 aromatic carbocycles. The number of esters is 4. The van der Waals surface area contributed by atoms with E-state index in [1.165, 1.54) is 0 Å². The monoisotopic (exact) mass is 556 g/mol. The number of carbonyl (C=O) groups is 4. The highest BCUT2D eigenvalue weighted by Gasteiger charge is 2.63. The van der Waals surface area contributed by atoms with E-state index < -0.39 is 97.8 Å². The van der Waals surface area contributed by atoms with Crippen molar-refractivity contribution in [2.45, 2.75) is 17.8 Å². The molecular weight excluding hydrogens is 548 g/mol. The van der Waals surface area contributed by atoms with Crippen LogP contribution in [-0.4, -0.2) is 30.1 Å². The number of benzene rings is 3. The molecule has 0 unspecified atom stereocenters. The Labute approximate surface area is 210 Å². The number of alkyl halides is 6. The van der Waals surface area contributed by atoms with Crippen LogP contribution in [0.25, 0.3) is 0 Å². The quantitative estimate of drug-likeness (QED) is 0.183. The minimum absolute atomic E-state index is 0.0587. The lowest BCUT2D eigenvalue weighted by molar-refractivity contribution is -0.167. The summed E-state index contributed by atoms with van der Waals surface area (Å²) >= 11 is 0. The van der Waals surface area contributed by atoms with Crippen molar-refractivity contribution in [3.63, 3.8) is 0 Å². The number of hydrogen-bond acceptors (Lipinski definition) is 6. The lowest BCUT2D eigenvalue weighted by Crippen LogP contribution is -2.47. The number of ether oxygens (including phenoxy) is 2. The first-order valence-corrected chi connectivity index (χ1v) is 10.5. The Morgan fingerprint density at radius 1 is 0.538 bits per heavy atom. The summed E-state index contributed by atoms with van der Waals surface area (Å²) in [6, 6.07) is 3.09. The van der Waals surface area contributed by atoms with Gasteiger partial charge in [-0.15, -0.1) is 0 Å². The van der Waals surface area contributed by atoms with E-state index in [9.17, 15) is 41.1 Å². The van der Waals surface area contributed by atoms with Crippen LogP contribution in [0.15, 0.2) is 48.5 Å². The summed E-state index contributed by atoms with van der Waals surface area (Å²) < 4.78 is 125. The first-order valence-electron chi connectivity index (χ1n) is 10.5. The molecule has 0 aromatic heterocycles. The molecule has 0 amide bonds. The molecular formula is C25H8F8O6. The van der Waals surface area contributed by atoms with Crippen molar-refractivity contribution in [1.29, 1.82) is 0 Å². The van der Waals surface area contributed by atoms with Gasteiger partial charge in [-0.3, -0.25) is 0 Å². The number of halogens is 8. The molecule has 14 heteroatoms. The third kappa shape index (κ3) is 3.54. The van der Waals surface area contributed by atoms with Crippen LogP contribution in [0.4, 0.5) is 35.1 Å². The summed E-state index contributed by atoms with van der Waals surface area (Å²) in [5, 5.41) is 0. The summed E-state index contributed by atoms with van der Waals surface area (Å²) in [5.41, 5.74) is -14.6. The summed E-state index contributed by atoms with van der Waals surface area (Å²) in [4.78, 5) is 49.4. The highest BCUT2D eigenvalue weighted by molar-refractivity contribution is 6.17. The fourth-order valence-electron chi connectivity index (χ4n) is 4.83. The predicted molar refractivity (Wildman–Crippen MR) is 110 cm³/mol. The van der Waals surface area contributed by atoms with Crippen molar-refractivity contribution in [1.82, 2.24) is 0 Å². The zero-order chi connectivity index (χ0) is 28.7. The van der Waals surface area contributed by atoms with Gasteiger partial charge in [-0.2, -0.15) is 26.3 Å². The van der Waals surface area contributed by atoms with Crippen LogP contribution < -0.4 is 0 Å². The van der Waals surface area contributed by atoms with E-state index in [0.717, 1.165) is 0 Å². The lowest BCUT2D eigenvalue weighted by Gasteiger charge is -2.39. The Morgan fingerprint density at radius 2 is 0.949 bits per heavy atom. The Bertz CT molecular complexity index is 1550. The van der Waals surface area contributed by atoms with Crippen molar-refractivity contribution >= 4 is 23.9 Å². The molecule has 6 nitrogen and oxygen atoms in total. The van der Waals surface area contributed by atoms with E-state index in [1.807, 2.05) is 0 Å². The molecule has 2 heterocycles. The second kappa shape index (κ2) is 8.19. The number of hydrogen-bond donors (Lipinski definition) is 0. The molecule has 39 heavy (non-hydrogen) atoms. The first kappa shape index (κ1) is 26.0. The van der Waals surface area contributed by atoms with Gasteiger partial charge in [-0.1, -0.05) is 30.3 Å². The number of carbonyl (C=O) groups excluding carboxylic acids is 4. The zero-order valence-electron chi connectivity index (χ0n) is 18.6. The zero-order valence-corrected chi connectivity index (χ0v) is 18.6. The van der Waals surface area contributed by atoms with Crippen LogP contribution in [0, 0.1) is 11.6 Å². The molecule has 0 spiro atoms. The molecule has 0 saturated heterocycles. The molecule has 2 aliphatic rings. The van der Waals surface area contributed by atoms with Gasteiger partial charge in [0, 0.05) is 0 Å². The highest BCUT2D eigenvalue weighted by atomic mass is 19.4. The van der Waals surface area contributed by atoms with Crippen molar-refractivity contribution in [2.75, 3.05) is 0 Å². The van der Waals surface area contributed by atoms with Gasteiger partial charge in [0.15, 0.2) is 0 Å². The van der Waals surface area contributed by atoms with Crippen LogP contribution in [0.1, 0.15) is 63.7 Å². The topological polar surface area (TPSA) is 86.7 Å². The fourth-order valence-corrected chi connectivity index (χ4v) is 4.83. The maximum Gasteiger partial charge on any atom is 0.416 e. The van der Waals surface area contributed by atoms with E-state index in [1.54, 1.807) is 0 Å². The van der Waals surface area contributed by atoms with Crippen LogP contribution in [0.5, 0.6) is 0 Å². The molecule has 0 N–H and O–H groups in total. The van der Waals surface area contributed by atoms with Gasteiger partial charge in [0.05, 0.1) is 16.7 Å². The van der Waals surface area contributed by atoms with Crippen molar-refractivity contribution in [3.05, 3.63) is 105 Å². The summed E-state index contributed by atoms with van der Waals surface area (Å²) in [7, 11) is 0. The normalized spacial score (nSPS) is 15.3. The predicted octanol–water partition coefficient (Wildman–Crippen LogP) is 5.50. The van der Waals surface area contributed by atoms with Gasteiger partial charge in [0.25, 0.3) is 0 Å². The van der Waals surface area contributed by atoms with Crippen LogP contribution in [-0.2, 0) is 21.1 Å². The molecule has 200 valence electrons. The van der Waals surface area contributed by atoms with Crippen molar-refractivity contribution in [3.8, 4) is 0 Å². The summed E-state index contributed by atoms with van der Waals surface area (Å²) in [6.07, 6.45) is -11.0. The standard InChI is InChI=1S/C25H8F8O6/c26-13-6-4-11(15-17(13)21(36)38-19(15)34)23(25(31,32)33,9-2-1-3-10(8-9)24(28,29)30)12-5-7-14(27)18-16(12)20(35)39-22(18)37/h1-8H. The summed E-state index contributed by atoms with van der Waals surface area (Å²) in [6.45, 7) is 0. The number of rotatable bonds is 3. The van der Waals surface area contributed by atoms with Gasteiger partial charge in [-0.05, 0) is 34.9 Å². The van der Waals surface area contributed by atoms with E-state index >= 15 is 13.2 Å². The maximum atomic E-state index is 15.5. The molecule has 0 radical (unpaired) electrons. The second-order valence-electron chi connectivity index (χ2n) is 8.37. The average molecular weight is 556 g/mol. The highest BCUT2D eigenvalue weighted by Crippen LogP contribution is 2.55. The second-order valence-corrected chi connectivity index (χ2v) is 8.37. The Morgan fingerprint density at radius 3 is 1.36 bits per heavy atom. The maximum absolute atomic E-state index is 15.5. The SMILES string of the molecule is O=C1OC(=O)c2c(C(c3cccc(C(F)(F)F)c3)(c3ccc(F)c4c3C(=O)OC4=O)C(F)(F)F)ccc(F)c21. The lowest BCUT2D eigenvalue weighted by atomic mass is 9.65. The van der Waals surface area contributed by atoms with Crippen molar-refractivity contribution in [2.24, 2.45) is 0 Å². The molecule has 0 bridgehead atoms. The van der Waals surface area contributed by atoms with Gasteiger partial charge in [-0.25, -0.2) is 28.0 Å². The molecule has 0 atom stereocenters. The van der Waals surface area contributed by atoms with E-state index in [4.69, 9.17) is 0 Å². The molecule has 2 aliphatic heterocycles. The minimum atomic E-state index is -5.80. The third-order valence-electron chi connectivity index (χ3n) is 6.35. The Balaban J connectivity index is 2.05. The van der Waals surface area contributed by atoms with E-state index in [-0.39, 0.29) is 6.07 Å². The minimum Gasteiger partial charge on any atom is -0.386 e. The van der Waals surface area contributed by atoms with Crippen LogP contribution >= 0.6 is 0 Å². The summed E-state index contributed by atoms with van der Waals surface area (Å²) in [5.74, 6) is -9.83. The number of fused-ring (bicyclic) bond motifs is 2. The van der Waals surface area contributed by atoms with E-state index in [0.29, 0.717) is 42.5 Å². The number of cyclic esters (lactones) is 4. The van der Waals surface area contributed by atoms with Gasteiger partial charge >= 0.3 is 36.2 Å². The van der Waals surface area contributed by atoms with Crippen LogP contribution in [0.2, 0.25) is 0 Å². The first-order chi connectivity index (χ1) is 18.1. The van der Waals surface area contributed by atoms with Gasteiger partial charge in [0.2, 0.25) is 0 Å². The largest absolute Gasteiger partial charge is 0.416 e. The smallest absolute Gasteiger partial charge is 0.386 e. The Kier molecular flexibility index (Phi) is 5.46. The molecule has 0 fully saturated rings. The van der Waals surface area contributed by atoms with E-state index in [2.05, 4.69) is 9.47 Å². The van der Waals surface area contributed by atoms with Gasteiger partial charge < -0.3 is 9.47 Å². The average Bonchev–Trinajstić information content (AvgIpc) is 3.31. The van der Waals surface area contributed by atoms with Crippen molar-refractivity contribution < 1.29 is 63.8 Å². The Hall–Kier alpha value is -4.62.